The Morgan fingerprint density at radius 2 is 2.45 bits per heavy atom. The van der Waals surface area contributed by atoms with Gasteiger partial charge in [-0.1, -0.05) is 5.16 Å². The van der Waals surface area contributed by atoms with Crippen LogP contribution in [0.5, 0.6) is 0 Å². The van der Waals surface area contributed by atoms with E-state index in [2.05, 4.69) is 9.99 Å². The molecule has 0 saturated heterocycles. The molecule has 0 aromatic carbocycles. The third kappa shape index (κ3) is 6.69. The van der Waals surface area contributed by atoms with Gasteiger partial charge in [0, 0.05) is 0 Å². The molecule has 11 heavy (non-hydrogen) atoms. The minimum absolute atomic E-state index is 0.672. The maximum Gasteiger partial charge on any atom is 0.266 e. The number of hydrogen-bond acceptors (Lipinski definition) is 3. The molecule has 64 valence electrons. The lowest BCUT2D eigenvalue weighted by molar-refractivity contribution is -0.115. The third-order valence-corrected chi connectivity index (χ3v) is 0.706. The molecule has 1 amide bonds. The number of amides is 1. The largest absolute Gasteiger partial charge is 0.399 e. The van der Waals surface area contributed by atoms with Crippen molar-refractivity contribution in [3.05, 3.63) is 0 Å². The number of hydrogen-bond donors (Lipinski definition) is 1. The number of rotatable bonds is 4. The van der Waals surface area contributed by atoms with Crippen molar-refractivity contribution >= 4 is 12.1 Å². The second kappa shape index (κ2) is 5.57. The Labute approximate surface area is 62.2 Å². The molecule has 6 heteroatoms. The average molecular weight is 166 g/mol. The maximum absolute atomic E-state index is 11.4. The second-order valence-electron chi connectivity index (χ2n) is 1.55. The molecule has 0 atom stereocenters. The monoisotopic (exact) mass is 166 g/mol. The summed E-state index contributed by atoms with van der Waals surface area (Å²) in [5, 5.41) is 4.97. The van der Waals surface area contributed by atoms with Gasteiger partial charge in [0.15, 0.2) is 0 Å². The van der Waals surface area contributed by atoms with Gasteiger partial charge in [-0.15, -0.1) is 0 Å². The molecule has 0 unspecified atom stereocenters. The molecule has 0 aliphatic heterocycles. The van der Waals surface area contributed by atoms with Crippen LogP contribution in [0.3, 0.4) is 0 Å². The van der Waals surface area contributed by atoms with Gasteiger partial charge in [0.2, 0.25) is 0 Å². The molecule has 0 rings (SSSR count). The molecule has 0 spiro atoms. The summed E-state index contributed by atoms with van der Waals surface area (Å²) in [4.78, 5) is 14.6. The highest BCUT2D eigenvalue weighted by Crippen LogP contribution is 1.86. The molecule has 0 heterocycles. The molecule has 0 aliphatic rings. The van der Waals surface area contributed by atoms with Crippen LogP contribution in [-0.2, 0) is 9.63 Å². The highest BCUT2D eigenvalue weighted by Gasteiger charge is 2.03. The molecule has 0 saturated carbocycles. The fraction of sp³-hybridized carbons (Fsp3) is 0.600. The number of nitrogens with one attached hydrogen (secondary N) is 1. The van der Waals surface area contributed by atoms with Crippen LogP contribution in [0.1, 0.15) is 0 Å². The van der Waals surface area contributed by atoms with Gasteiger partial charge >= 0.3 is 0 Å². The van der Waals surface area contributed by atoms with Crippen LogP contribution in [0.15, 0.2) is 5.16 Å². The lowest BCUT2D eigenvalue weighted by Gasteiger charge is -1.97. The van der Waals surface area contributed by atoms with Gasteiger partial charge in [0.05, 0.1) is 6.54 Å². The quantitative estimate of drug-likeness (QED) is 0.472. The lowest BCUT2D eigenvalue weighted by atomic mass is 10.6. The first kappa shape index (κ1) is 9.80. The first-order valence-electron chi connectivity index (χ1n) is 2.79. The van der Waals surface area contributed by atoms with E-state index in [-0.39, 0.29) is 0 Å². The number of carbonyl (C=O) groups is 1. The number of alkyl halides is 2. The normalized spacial score (nSPS) is 10.5. The van der Waals surface area contributed by atoms with Crippen molar-refractivity contribution in [2.45, 2.75) is 6.43 Å². The van der Waals surface area contributed by atoms with E-state index in [1.54, 1.807) is 0 Å². The smallest absolute Gasteiger partial charge is 0.266 e. The van der Waals surface area contributed by atoms with E-state index in [1.165, 1.54) is 7.11 Å². The molecule has 4 nitrogen and oxygen atoms in total. The molecule has 0 aliphatic carbocycles. The Kier molecular flexibility index (Phi) is 4.97. The van der Waals surface area contributed by atoms with Crippen LogP contribution in [0.2, 0.25) is 0 Å². The Hall–Kier alpha value is -1.20. The van der Waals surface area contributed by atoms with Crippen LogP contribution in [-0.4, -0.2) is 32.2 Å². The van der Waals surface area contributed by atoms with Crippen LogP contribution in [0.25, 0.3) is 0 Å². The topological polar surface area (TPSA) is 50.7 Å². The van der Waals surface area contributed by atoms with E-state index in [1.807, 2.05) is 5.32 Å². The molecular weight excluding hydrogens is 158 g/mol. The number of halogens is 2. The minimum atomic E-state index is -2.55. The minimum Gasteiger partial charge on any atom is -0.399 e. The van der Waals surface area contributed by atoms with Gasteiger partial charge < -0.3 is 10.2 Å². The molecule has 1 N–H and O–H groups in total. The Bertz CT molecular complexity index is 149. The fourth-order valence-electron chi connectivity index (χ4n) is 0.324. The third-order valence-electron chi connectivity index (χ3n) is 0.706. The summed E-state index contributed by atoms with van der Waals surface area (Å²) in [7, 11) is 1.25. The highest BCUT2D eigenvalue weighted by atomic mass is 19.3. The summed E-state index contributed by atoms with van der Waals surface area (Å²) in [5.74, 6) is -0.702. The average Bonchev–Trinajstić information content (AvgIpc) is 1.97. The molecule has 0 aromatic heterocycles. The number of carbonyl (C=O) groups excluding carboxylic acids is 1. The SMILES string of the molecule is CO/N=C/C(=O)NCC(F)F. The first-order chi connectivity index (χ1) is 5.16. The summed E-state index contributed by atoms with van der Waals surface area (Å²) < 4.78 is 22.9. The van der Waals surface area contributed by atoms with E-state index in [0.717, 1.165) is 6.21 Å². The standard InChI is InChI=1S/C5H8F2N2O2/c1-11-9-3-5(10)8-2-4(6)7/h3-4H,2H2,1H3,(H,8,10)/b9-3+. The maximum atomic E-state index is 11.4. The first-order valence-corrected chi connectivity index (χ1v) is 2.79. The van der Waals surface area contributed by atoms with E-state index in [0.29, 0.717) is 0 Å². The zero-order valence-corrected chi connectivity index (χ0v) is 5.88. The fourth-order valence-corrected chi connectivity index (χ4v) is 0.324. The summed E-state index contributed by atoms with van der Waals surface area (Å²) >= 11 is 0. The van der Waals surface area contributed by atoms with Gasteiger partial charge in [-0.2, -0.15) is 0 Å². The van der Waals surface area contributed by atoms with Gasteiger partial charge in [-0.05, 0) is 0 Å². The summed E-state index contributed by atoms with van der Waals surface area (Å²) in [6, 6.07) is 0. The molecule has 0 aromatic rings. The predicted molar refractivity (Wildman–Crippen MR) is 34.5 cm³/mol. The summed E-state index contributed by atoms with van der Waals surface area (Å²) in [6.45, 7) is -0.672. The second-order valence-corrected chi connectivity index (χ2v) is 1.55. The van der Waals surface area contributed by atoms with Gasteiger partial charge in [0.25, 0.3) is 12.3 Å². The van der Waals surface area contributed by atoms with Crippen LogP contribution >= 0.6 is 0 Å². The van der Waals surface area contributed by atoms with Gasteiger partial charge in [-0.3, -0.25) is 4.79 Å². The number of nitrogens with zero attached hydrogens (tertiary/aromatic N) is 1. The van der Waals surface area contributed by atoms with Crippen LogP contribution < -0.4 is 5.32 Å². The van der Waals surface area contributed by atoms with Crippen molar-refractivity contribution < 1.29 is 18.4 Å². The van der Waals surface area contributed by atoms with Crippen molar-refractivity contribution in [1.82, 2.24) is 5.32 Å². The molecule has 0 radical (unpaired) electrons. The van der Waals surface area contributed by atoms with E-state index in [4.69, 9.17) is 0 Å². The molecule has 0 fully saturated rings. The number of oxime groups is 1. The Morgan fingerprint density at radius 3 is 2.91 bits per heavy atom. The highest BCUT2D eigenvalue weighted by molar-refractivity contribution is 6.26. The molecular formula is C5H8F2N2O2. The van der Waals surface area contributed by atoms with Crippen molar-refractivity contribution in [3.63, 3.8) is 0 Å². The van der Waals surface area contributed by atoms with Crippen molar-refractivity contribution in [3.8, 4) is 0 Å². The Morgan fingerprint density at radius 1 is 1.82 bits per heavy atom. The van der Waals surface area contributed by atoms with Crippen molar-refractivity contribution in [2.75, 3.05) is 13.7 Å². The zero-order valence-electron chi connectivity index (χ0n) is 5.88. The van der Waals surface area contributed by atoms with Gasteiger partial charge in [0.1, 0.15) is 13.3 Å². The molecule has 0 bridgehead atoms. The van der Waals surface area contributed by atoms with Gasteiger partial charge in [-0.25, -0.2) is 8.78 Å². The van der Waals surface area contributed by atoms with E-state index >= 15 is 0 Å². The van der Waals surface area contributed by atoms with Crippen LogP contribution in [0, 0.1) is 0 Å². The van der Waals surface area contributed by atoms with E-state index in [9.17, 15) is 13.6 Å². The zero-order chi connectivity index (χ0) is 8.69. The van der Waals surface area contributed by atoms with E-state index < -0.39 is 18.9 Å². The van der Waals surface area contributed by atoms with Crippen molar-refractivity contribution in [2.24, 2.45) is 5.16 Å². The van der Waals surface area contributed by atoms with Crippen LogP contribution in [0.4, 0.5) is 8.78 Å². The Balaban J connectivity index is 3.45. The summed E-state index contributed by atoms with van der Waals surface area (Å²) in [5.41, 5.74) is 0. The summed E-state index contributed by atoms with van der Waals surface area (Å²) in [6.07, 6.45) is -1.77. The lowest BCUT2D eigenvalue weighted by Crippen LogP contribution is -2.29. The predicted octanol–water partition coefficient (Wildman–Crippen LogP) is -0.0001000. The van der Waals surface area contributed by atoms with Crippen molar-refractivity contribution in [1.29, 1.82) is 0 Å².